The van der Waals surface area contributed by atoms with Crippen LogP contribution in [0.2, 0.25) is 0 Å². The summed E-state index contributed by atoms with van der Waals surface area (Å²) in [5.74, 6) is 2.35. The average Bonchev–Trinajstić information content (AvgIpc) is 3.17. The highest BCUT2D eigenvalue weighted by molar-refractivity contribution is 5.40. The van der Waals surface area contributed by atoms with E-state index in [0.717, 1.165) is 55.7 Å². The molecular formula is C22H28N6. The number of rotatable bonds is 5. The summed E-state index contributed by atoms with van der Waals surface area (Å²) in [6.45, 7) is 11.3. The Morgan fingerprint density at radius 2 is 1.75 bits per heavy atom. The molecule has 1 fully saturated rings. The Morgan fingerprint density at radius 1 is 1.00 bits per heavy atom. The van der Waals surface area contributed by atoms with Crippen molar-refractivity contribution in [2.24, 2.45) is 0 Å². The van der Waals surface area contributed by atoms with Crippen LogP contribution in [0.15, 0.2) is 48.8 Å². The van der Waals surface area contributed by atoms with Crippen LogP contribution in [0, 0.1) is 6.92 Å². The van der Waals surface area contributed by atoms with E-state index in [1.165, 1.54) is 5.56 Å². The van der Waals surface area contributed by atoms with E-state index in [1.807, 2.05) is 29.1 Å². The van der Waals surface area contributed by atoms with E-state index in [9.17, 15) is 0 Å². The molecule has 0 atom stereocenters. The molecule has 0 spiro atoms. The standard InChI is InChI=1S/C22H28N6/c1-17(2)22-24-18(3)13-21(25-22)27-11-9-26(10-12-27)15-19-14-23-28(16-19)20-7-5-4-6-8-20/h4-8,13-14,16-17H,9-12,15H2,1-3H3. The van der Waals surface area contributed by atoms with Crippen molar-refractivity contribution in [3.63, 3.8) is 0 Å². The van der Waals surface area contributed by atoms with Gasteiger partial charge in [0.15, 0.2) is 0 Å². The molecule has 1 aliphatic rings. The number of nitrogens with zero attached hydrogens (tertiary/aromatic N) is 6. The quantitative estimate of drug-likeness (QED) is 0.683. The second-order valence-corrected chi connectivity index (χ2v) is 7.77. The zero-order valence-corrected chi connectivity index (χ0v) is 16.9. The van der Waals surface area contributed by atoms with E-state index in [1.54, 1.807) is 0 Å². The number of anilines is 1. The summed E-state index contributed by atoms with van der Waals surface area (Å²) >= 11 is 0. The van der Waals surface area contributed by atoms with Crippen LogP contribution in [-0.2, 0) is 6.54 Å². The Hall–Kier alpha value is -2.73. The molecule has 0 amide bonds. The largest absolute Gasteiger partial charge is 0.354 e. The molecule has 0 saturated carbocycles. The minimum atomic E-state index is 0.348. The molecule has 0 unspecified atom stereocenters. The van der Waals surface area contributed by atoms with Crippen LogP contribution in [-0.4, -0.2) is 50.8 Å². The van der Waals surface area contributed by atoms with Crippen molar-refractivity contribution in [2.75, 3.05) is 31.1 Å². The van der Waals surface area contributed by atoms with Gasteiger partial charge in [-0.1, -0.05) is 32.0 Å². The third kappa shape index (κ3) is 4.22. The van der Waals surface area contributed by atoms with Crippen LogP contribution in [0.25, 0.3) is 5.69 Å². The first-order valence-electron chi connectivity index (χ1n) is 10.0. The first-order valence-corrected chi connectivity index (χ1v) is 10.0. The summed E-state index contributed by atoms with van der Waals surface area (Å²) in [5.41, 5.74) is 3.39. The number of hydrogen-bond acceptors (Lipinski definition) is 5. The van der Waals surface area contributed by atoms with E-state index >= 15 is 0 Å². The maximum absolute atomic E-state index is 4.79. The van der Waals surface area contributed by atoms with Crippen molar-refractivity contribution < 1.29 is 0 Å². The van der Waals surface area contributed by atoms with E-state index in [2.05, 4.69) is 65.0 Å². The predicted octanol–water partition coefficient (Wildman–Crippen LogP) is 3.42. The summed E-state index contributed by atoms with van der Waals surface area (Å²) in [7, 11) is 0. The van der Waals surface area contributed by atoms with Gasteiger partial charge in [-0.25, -0.2) is 14.6 Å². The van der Waals surface area contributed by atoms with Gasteiger partial charge in [-0.2, -0.15) is 5.10 Å². The van der Waals surface area contributed by atoms with Crippen LogP contribution in [0.5, 0.6) is 0 Å². The minimum absolute atomic E-state index is 0.348. The lowest BCUT2D eigenvalue weighted by atomic mass is 10.2. The maximum Gasteiger partial charge on any atom is 0.133 e. The van der Waals surface area contributed by atoms with Crippen molar-refractivity contribution >= 4 is 5.82 Å². The van der Waals surface area contributed by atoms with Gasteiger partial charge in [-0.3, -0.25) is 4.90 Å². The van der Waals surface area contributed by atoms with Gasteiger partial charge >= 0.3 is 0 Å². The van der Waals surface area contributed by atoms with Crippen LogP contribution < -0.4 is 4.90 Å². The summed E-state index contributed by atoms with van der Waals surface area (Å²) < 4.78 is 1.95. The van der Waals surface area contributed by atoms with Gasteiger partial charge in [-0.05, 0) is 19.1 Å². The van der Waals surface area contributed by atoms with Crippen LogP contribution >= 0.6 is 0 Å². The lowest BCUT2D eigenvalue weighted by Crippen LogP contribution is -2.46. The number of piperazine rings is 1. The monoisotopic (exact) mass is 376 g/mol. The number of aryl methyl sites for hydroxylation is 1. The summed E-state index contributed by atoms with van der Waals surface area (Å²) in [6, 6.07) is 12.3. The van der Waals surface area contributed by atoms with E-state index in [4.69, 9.17) is 4.98 Å². The molecule has 1 aromatic carbocycles. The Balaban J connectivity index is 1.37. The fourth-order valence-electron chi connectivity index (χ4n) is 3.55. The molecule has 4 rings (SSSR count). The molecule has 6 nitrogen and oxygen atoms in total. The van der Waals surface area contributed by atoms with E-state index in [-0.39, 0.29) is 0 Å². The second kappa shape index (κ2) is 8.10. The lowest BCUT2D eigenvalue weighted by molar-refractivity contribution is 0.249. The summed E-state index contributed by atoms with van der Waals surface area (Å²) in [4.78, 5) is 14.2. The van der Waals surface area contributed by atoms with Gasteiger partial charge < -0.3 is 4.90 Å². The van der Waals surface area contributed by atoms with Crippen molar-refractivity contribution in [3.05, 3.63) is 65.9 Å². The smallest absolute Gasteiger partial charge is 0.133 e. The van der Waals surface area contributed by atoms with Crippen LogP contribution in [0.4, 0.5) is 5.82 Å². The number of para-hydroxylation sites is 1. The second-order valence-electron chi connectivity index (χ2n) is 7.77. The Morgan fingerprint density at radius 3 is 2.46 bits per heavy atom. The Kier molecular flexibility index (Phi) is 5.39. The summed E-state index contributed by atoms with van der Waals surface area (Å²) in [6.07, 6.45) is 4.10. The lowest BCUT2D eigenvalue weighted by Gasteiger charge is -2.35. The molecular weight excluding hydrogens is 348 g/mol. The highest BCUT2D eigenvalue weighted by Gasteiger charge is 2.20. The molecule has 0 radical (unpaired) electrons. The first-order chi connectivity index (χ1) is 13.6. The molecule has 146 valence electrons. The van der Waals surface area contributed by atoms with Crippen LogP contribution in [0.3, 0.4) is 0 Å². The Labute approximate surface area is 166 Å². The topological polar surface area (TPSA) is 50.1 Å². The van der Waals surface area contributed by atoms with Gasteiger partial charge in [0.2, 0.25) is 0 Å². The molecule has 0 bridgehead atoms. The predicted molar refractivity (Wildman–Crippen MR) is 112 cm³/mol. The van der Waals surface area contributed by atoms with E-state index in [0.29, 0.717) is 5.92 Å². The molecule has 2 aromatic heterocycles. The first kappa shape index (κ1) is 18.6. The molecule has 3 heterocycles. The van der Waals surface area contributed by atoms with Crippen molar-refractivity contribution in [1.29, 1.82) is 0 Å². The minimum Gasteiger partial charge on any atom is -0.354 e. The fraction of sp³-hybridized carbons (Fsp3) is 0.409. The number of benzene rings is 1. The van der Waals surface area contributed by atoms with Gasteiger partial charge in [0.05, 0.1) is 11.9 Å². The molecule has 0 N–H and O–H groups in total. The average molecular weight is 377 g/mol. The molecule has 1 saturated heterocycles. The third-order valence-corrected chi connectivity index (χ3v) is 5.13. The van der Waals surface area contributed by atoms with Crippen molar-refractivity contribution in [1.82, 2.24) is 24.6 Å². The molecule has 28 heavy (non-hydrogen) atoms. The molecule has 3 aromatic rings. The number of aromatic nitrogens is 4. The SMILES string of the molecule is Cc1cc(N2CCN(Cc3cnn(-c4ccccc4)c3)CC2)nc(C(C)C)n1. The normalized spacial score (nSPS) is 15.4. The van der Waals surface area contributed by atoms with Gasteiger partial charge in [-0.15, -0.1) is 0 Å². The summed E-state index contributed by atoms with van der Waals surface area (Å²) in [5, 5.41) is 4.51. The highest BCUT2D eigenvalue weighted by Crippen LogP contribution is 2.19. The van der Waals surface area contributed by atoms with Crippen molar-refractivity contribution in [3.8, 4) is 5.69 Å². The highest BCUT2D eigenvalue weighted by atomic mass is 15.3. The number of hydrogen-bond donors (Lipinski definition) is 0. The van der Waals surface area contributed by atoms with Crippen LogP contribution in [0.1, 0.15) is 36.8 Å². The molecule has 0 aliphatic carbocycles. The molecule has 1 aliphatic heterocycles. The maximum atomic E-state index is 4.79. The molecule has 6 heteroatoms. The Bertz CT molecular complexity index is 910. The fourth-order valence-corrected chi connectivity index (χ4v) is 3.55. The van der Waals surface area contributed by atoms with Gasteiger partial charge in [0.25, 0.3) is 0 Å². The van der Waals surface area contributed by atoms with E-state index < -0.39 is 0 Å². The zero-order chi connectivity index (χ0) is 19.5. The van der Waals surface area contributed by atoms with Gasteiger partial charge in [0, 0.05) is 62.2 Å². The third-order valence-electron chi connectivity index (χ3n) is 5.13. The van der Waals surface area contributed by atoms with Gasteiger partial charge in [0.1, 0.15) is 11.6 Å². The zero-order valence-electron chi connectivity index (χ0n) is 16.9. The van der Waals surface area contributed by atoms with Crippen molar-refractivity contribution in [2.45, 2.75) is 33.2 Å².